The van der Waals surface area contributed by atoms with Crippen LogP contribution in [0.1, 0.15) is 35.2 Å². The molecule has 2 fully saturated rings. The third-order valence-electron chi connectivity index (χ3n) is 6.14. The number of nitrogens with zero attached hydrogens (tertiary/aromatic N) is 2. The summed E-state index contributed by atoms with van der Waals surface area (Å²) in [5.41, 5.74) is 1.09. The van der Waals surface area contributed by atoms with E-state index in [1.807, 2.05) is 0 Å². The number of nitrogens with one attached hydrogen (secondary N) is 1. The van der Waals surface area contributed by atoms with Crippen LogP contribution >= 0.6 is 0 Å². The number of piperidine rings is 1. The first-order chi connectivity index (χ1) is 15.6. The highest BCUT2D eigenvalue weighted by Crippen LogP contribution is 2.35. The largest absolute Gasteiger partial charge is 0.490 e. The van der Waals surface area contributed by atoms with Gasteiger partial charge < -0.3 is 34.3 Å². The summed E-state index contributed by atoms with van der Waals surface area (Å²) >= 11 is 0. The van der Waals surface area contributed by atoms with E-state index in [-0.39, 0.29) is 24.5 Å². The molecule has 1 aromatic carbocycles. The lowest BCUT2D eigenvalue weighted by Crippen LogP contribution is -2.48. The average Bonchev–Trinajstić information content (AvgIpc) is 3.20. The minimum atomic E-state index is -0.518. The Morgan fingerprint density at radius 3 is 2.81 bits per heavy atom. The number of carbonyl (C=O) groups excluding carboxylic acids is 1. The predicted octanol–water partition coefficient (Wildman–Crippen LogP) is 1.09. The highest BCUT2D eigenvalue weighted by Gasteiger charge is 2.29. The van der Waals surface area contributed by atoms with Crippen molar-refractivity contribution < 1.29 is 28.8 Å². The number of likely N-dealkylation sites (tertiary alicyclic amines) is 1. The molecule has 174 valence electrons. The molecule has 2 atom stereocenters. The first-order valence-corrected chi connectivity index (χ1v) is 11.4. The number of benzene rings is 1. The van der Waals surface area contributed by atoms with Gasteiger partial charge in [0, 0.05) is 38.4 Å². The van der Waals surface area contributed by atoms with E-state index in [9.17, 15) is 9.90 Å². The smallest absolute Gasteiger partial charge is 0.255 e. The van der Waals surface area contributed by atoms with Crippen molar-refractivity contribution >= 4 is 5.91 Å². The van der Waals surface area contributed by atoms with E-state index in [0.717, 1.165) is 32.4 Å². The SMILES string of the molecule is N#CCc1cc2c(c(C(=O)NC[C@@H]3CCN(CCC4OCCO4)CC3O)c1)OCCCO2. The molecular weight excluding hydrogens is 414 g/mol. The molecule has 0 saturated carbocycles. The van der Waals surface area contributed by atoms with Crippen molar-refractivity contribution in [2.24, 2.45) is 5.92 Å². The lowest BCUT2D eigenvalue weighted by molar-refractivity contribution is -0.0576. The van der Waals surface area contributed by atoms with Gasteiger partial charge in [0.2, 0.25) is 0 Å². The molecule has 4 rings (SSSR count). The summed E-state index contributed by atoms with van der Waals surface area (Å²) in [6, 6.07) is 5.57. The number of nitriles is 1. The highest BCUT2D eigenvalue weighted by atomic mass is 16.7. The molecule has 2 saturated heterocycles. The van der Waals surface area contributed by atoms with Gasteiger partial charge in [-0.25, -0.2) is 0 Å². The van der Waals surface area contributed by atoms with Crippen LogP contribution in [0.15, 0.2) is 12.1 Å². The second kappa shape index (κ2) is 11.0. The predicted molar refractivity (Wildman–Crippen MR) is 115 cm³/mol. The minimum absolute atomic E-state index is 0.0211. The van der Waals surface area contributed by atoms with Gasteiger partial charge in [-0.05, 0) is 30.7 Å². The standard InChI is InChI=1S/C23H31N3O6/c24-5-2-16-12-18(22-20(13-16)29-8-1-9-32-22)23(28)25-14-17-3-6-26(15-19(17)27)7-4-21-30-10-11-31-21/h12-13,17,19,21,27H,1-4,6-11,14-15H2,(H,25,28)/t17-,19?/m0/s1. The van der Waals surface area contributed by atoms with Gasteiger partial charge in [0.05, 0.1) is 50.6 Å². The topological polar surface area (TPSA) is 113 Å². The number of rotatable bonds is 7. The fourth-order valence-electron chi connectivity index (χ4n) is 4.36. The van der Waals surface area contributed by atoms with Gasteiger partial charge in [0.1, 0.15) is 0 Å². The zero-order valence-corrected chi connectivity index (χ0v) is 18.3. The Kier molecular flexibility index (Phi) is 7.81. The molecule has 32 heavy (non-hydrogen) atoms. The number of hydrogen-bond donors (Lipinski definition) is 2. The first kappa shape index (κ1) is 22.8. The van der Waals surface area contributed by atoms with Crippen LogP contribution in [-0.2, 0) is 15.9 Å². The molecule has 0 aromatic heterocycles. The minimum Gasteiger partial charge on any atom is -0.490 e. The molecule has 3 heterocycles. The van der Waals surface area contributed by atoms with Gasteiger partial charge >= 0.3 is 0 Å². The van der Waals surface area contributed by atoms with Crippen LogP contribution in [0.4, 0.5) is 0 Å². The number of carbonyl (C=O) groups is 1. The van der Waals surface area contributed by atoms with Crippen LogP contribution in [0.2, 0.25) is 0 Å². The van der Waals surface area contributed by atoms with E-state index in [4.69, 9.17) is 24.2 Å². The molecule has 1 unspecified atom stereocenters. The van der Waals surface area contributed by atoms with Crippen molar-refractivity contribution in [1.29, 1.82) is 5.26 Å². The van der Waals surface area contributed by atoms with E-state index >= 15 is 0 Å². The van der Waals surface area contributed by atoms with Gasteiger partial charge in [-0.1, -0.05) is 0 Å². The monoisotopic (exact) mass is 445 g/mol. The van der Waals surface area contributed by atoms with E-state index in [1.54, 1.807) is 12.1 Å². The highest BCUT2D eigenvalue weighted by molar-refractivity contribution is 5.98. The van der Waals surface area contributed by atoms with E-state index in [2.05, 4.69) is 16.3 Å². The molecule has 0 radical (unpaired) electrons. The third-order valence-corrected chi connectivity index (χ3v) is 6.14. The Balaban J connectivity index is 1.32. The van der Waals surface area contributed by atoms with Crippen molar-refractivity contribution in [1.82, 2.24) is 10.2 Å². The van der Waals surface area contributed by atoms with Crippen LogP contribution < -0.4 is 14.8 Å². The van der Waals surface area contributed by atoms with Gasteiger partial charge in [0.25, 0.3) is 5.91 Å². The van der Waals surface area contributed by atoms with Crippen molar-refractivity contribution in [2.75, 3.05) is 52.6 Å². The molecular formula is C23H31N3O6. The zero-order chi connectivity index (χ0) is 22.3. The third kappa shape index (κ3) is 5.70. The molecule has 9 heteroatoms. The maximum atomic E-state index is 13.0. The van der Waals surface area contributed by atoms with Crippen LogP contribution in [0.3, 0.4) is 0 Å². The molecule has 9 nitrogen and oxygen atoms in total. The number of amides is 1. The van der Waals surface area contributed by atoms with Gasteiger partial charge in [0.15, 0.2) is 17.8 Å². The lowest BCUT2D eigenvalue weighted by Gasteiger charge is -2.36. The molecule has 2 N–H and O–H groups in total. The van der Waals surface area contributed by atoms with E-state index < -0.39 is 6.10 Å². The molecule has 3 aliphatic heterocycles. The summed E-state index contributed by atoms with van der Waals surface area (Å²) in [4.78, 5) is 15.2. The number of ether oxygens (including phenoxy) is 4. The van der Waals surface area contributed by atoms with Gasteiger partial charge in [-0.15, -0.1) is 0 Å². The molecule has 0 aliphatic carbocycles. The summed E-state index contributed by atoms with van der Waals surface area (Å²) in [6.45, 7) is 4.89. The van der Waals surface area contributed by atoms with E-state index in [0.29, 0.717) is 62.1 Å². The van der Waals surface area contributed by atoms with Crippen LogP contribution in [0.5, 0.6) is 11.5 Å². The Labute approximate surface area is 188 Å². The van der Waals surface area contributed by atoms with Crippen molar-refractivity contribution in [2.45, 2.75) is 38.1 Å². The number of aliphatic hydroxyl groups is 1. The molecule has 0 spiro atoms. The normalized spacial score (nSPS) is 24.0. The number of hydrogen-bond acceptors (Lipinski definition) is 8. The summed E-state index contributed by atoms with van der Waals surface area (Å²) in [5, 5.41) is 22.6. The summed E-state index contributed by atoms with van der Waals surface area (Å²) in [7, 11) is 0. The molecule has 0 bridgehead atoms. The summed E-state index contributed by atoms with van der Waals surface area (Å²) in [5.74, 6) is 0.626. The maximum absolute atomic E-state index is 13.0. The maximum Gasteiger partial charge on any atom is 0.255 e. The van der Waals surface area contributed by atoms with Crippen molar-refractivity contribution in [3.63, 3.8) is 0 Å². The molecule has 1 aromatic rings. The molecule has 3 aliphatic rings. The van der Waals surface area contributed by atoms with Gasteiger partial charge in [-0.2, -0.15) is 5.26 Å². The summed E-state index contributed by atoms with van der Waals surface area (Å²) < 4.78 is 22.5. The quantitative estimate of drug-likeness (QED) is 0.641. The number of aliphatic hydroxyl groups excluding tert-OH is 1. The fourth-order valence-corrected chi connectivity index (χ4v) is 4.36. The van der Waals surface area contributed by atoms with E-state index in [1.165, 1.54) is 0 Å². The van der Waals surface area contributed by atoms with Crippen LogP contribution in [0, 0.1) is 17.2 Å². The number of fused-ring (bicyclic) bond motifs is 1. The van der Waals surface area contributed by atoms with Crippen LogP contribution in [0.25, 0.3) is 0 Å². The second-order valence-electron chi connectivity index (χ2n) is 8.44. The van der Waals surface area contributed by atoms with Crippen molar-refractivity contribution in [3.05, 3.63) is 23.3 Å². The first-order valence-electron chi connectivity index (χ1n) is 11.4. The Morgan fingerprint density at radius 2 is 2.03 bits per heavy atom. The second-order valence-corrected chi connectivity index (χ2v) is 8.44. The van der Waals surface area contributed by atoms with Gasteiger partial charge in [-0.3, -0.25) is 4.79 Å². The lowest BCUT2D eigenvalue weighted by atomic mass is 9.93. The Bertz CT molecular complexity index is 836. The zero-order valence-electron chi connectivity index (χ0n) is 18.3. The summed E-state index contributed by atoms with van der Waals surface area (Å²) in [6.07, 6.45) is 1.84. The molecule has 1 amide bonds. The van der Waals surface area contributed by atoms with Crippen LogP contribution in [-0.4, -0.2) is 80.9 Å². The Hall–Kier alpha value is -2.38. The Morgan fingerprint density at radius 1 is 1.22 bits per heavy atom. The number of β-amino-alcohol motifs (C(OH)–C–C–N with tert-alkyl or cyclic N) is 1. The average molecular weight is 446 g/mol. The van der Waals surface area contributed by atoms with Crippen molar-refractivity contribution in [3.8, 4) is 17.6 Å². The fraction of sp³-hybridized carbons (Fsp3) is 0.652.